The van der Waals surface area contributed by atoms with Gasteiger partial charge in [-0.15, -0.1) is 0 Å². The number of ether oxygens (including phenoxy) is 1. The Bertz CT molecular complexity index is 1140. The van der Waals surface area contributed by atoms with Gasteiger partial charge < -0.3 is 10.1 Å². The molecule has 1 aliphatic rings. The first-order valence-electron chi connectivity index (χ1n) is 11.8. The largest absolute Gasteiger partial charge is 0.407 e. The lowest BCUT2D eigenvalue weighted by atomic mass is 10.0. The molecule has 0 unspecified atom stereocenters. The fourth-order valence-electron chi connectivity index (χ4n) is 4.49. The molecular weight excluding hydrogens is 414 g/mol. The zero-order chi connectivity index (χ0) is 23.4. The number of nitrogens with one attached hydrogen (secondary N) is 1. The van der Waals surface area contributed by atoms with E-state index in [9.17, 15) is 9.59 Å². The third-order valence-electron chi connectivity index (χ3n) is 6.15. The van der Waals surface area contributed by atoms with Crippen molar-refractivity contribution < 1.29 is 14.3 Å². The maximum atomic E-state index is 12.5. The number of carbonyl (C=O) groups excluding carboxylic acids is 2. The molecule has 172 valence electrons. The third kappa shape index (κ3) is 5.00. The summed E-state index contributed by atoms with van der Waals surface area (Å²) in [6.07, 6.45) is 5.85. The highest BCUT2D eigenvalue weighted by atomic mass is 16.5. The lowest BCUT2D eigenvalue weighted by molar-refractivity contribution is -0.132. The van der Waals surface area contributed by atoms with Crippen molar-refractivity contribution in [2.24, 2.45) is 5.92 Å². The van der Waals surface area contributed by atoms with E-state index in [2.05, 4.69) is 12.2 Å². The molecule has 1 saturated carbocycles. The molecule has 6 nitrogen and oxygen atoms in total. The summed E-state index contributed by atoms with van der Waals surface area (Å²) in [5.41, 5.74) is 5.26. The third-order valence-corrected chi connectivity index (χ3v) is 6.15. The Kier molecular flexibility index (Phi) is 6.92. The van der Waals surface area contributed by atoms with Gasteiger partial charge in [-0.25, -0.2) is 0 Å². The number of rotatable bonds is 7. The Morgan fingerprint density at radius 2 is 1.79 bits per heavy atom. The van der Waals surface area contributed by atoms with E-state index < -0.39 is 5.97 Å². The molecule has 0 spiro atoms. The number of esters is 1. The number of hydrogen-bond donors (Lipinski definition) is 1. The molecule has 2 aromatic carbocycles. The summed E-state index contributed by atoms with van der Waals surface area (Å²) in [6, 6.07) is 15.6. The molecule has 0 atom stereocenters. The highest BCUT2D eigenvalue weighted by Crippen LogP contribution is 2.37. The van der Waals surface area contributed by atoms with Crippen LogP contribution in [0.25, 0.3) is 16.8 Å². The number of amides is 1. The van der Waals surface area contributed by atoms with Crippen LogP contribution in [0.3, 0.4) is 0 Å². The van der Waals surface area contributed by atoms with Crippen molar-refractivity contribution in [1.82, 2.24) is 9.78 Å². The Hall–Kier alpha value is -3.41. The number of aromatic nitrogens is 2. The van der Waals surface area contributed by atoms with Crippen molar-refractivity contribution in [2.75, 3.05) is 5.32 Å². The van der Waals surface area contributed by atoms with Gasteiger partial charge in [-0.05, 0) is 55.5 Å². The van der Waals surface area contributed by atoms with Crippen molar-refractivity contribution in [1.29, 1.82) is 0 Å². The topological polar surface area (TPSA) is 73.2 Å². The summed E-state index contributed by atoms with van der Waals surface area (Å²) in [4.78, 5) is 24.5. The van der Waals surface area contributed by atoms with Gasteiger partial charge in [0.1, 0.15) is 0 Å². The van der Waals surface area contributed by atoms with Crippen LogP contribution in [0.4, 0.5) is 5.69 Å². The fourth-order valence-corrected chi connectivity index (χ4v) is 4.49. The summed E-state index contributed by atoms with van der Waals surface area (Å²) in [5.74, 6) is 0.237. The Morgan fingerprint density at radius 3 is 2.42 bits per heavy atom. The van der Waals surface area contributed by atoms with Crippen LogP contribution in [0.15, 0.2) is 48.5 Å². The summed E-state index contributed by atoms with van der Waals surface area (Å²) in [7, 11) is 0. The van der Waals surface area contributed by atoms with Crippen LogP contribution in [0.1, 0.15) is 57.2 Å². The average molecular weight is 446 g/mol. The lowest BCUT2D eigenvalue weighted by Gasteiger charge is -2.12. The second kappa shape index (κ2) is 10.0. The number of nitrogens with zero attached hydrogens (tertiary/aromatic N) is 2. The molecule has 3 aromatic rings. The van der Waals surface area contributed by atoms with Gasteiger partial charge >= 0.3 is 5.97 Å². The van der Waals surface area contributed by atoms with E-state index in [0.717, 1.165) is 72.3 Å². The first-order valence-corrected chi connectivity index (χ1v) is 11.8. The maximum Gasteiger partial charge on any atom is 0.309 e. The van der Waals surface area contributed by atoms with E-state index in [0.29, 0.717) is 5.88 Å². The summed E-state index contributed by atoms with van der Waals surface area (Å²) < 4.78 is 7.45. The summed E-state index contributed by atoms with van der Waals surface area (Å²) >= 11 is 0. The first-order chi connectivity index (χ1) is 16.0. The normalized spacial score (nSPS) is 13.8. The van der Waals surface area contributed by atoms with Crippen molar-refractivity contribution in [3.8, 4) is 22.7 Å². The van der Waals surface area contributed by atoms with Crippen LogP contribution in [-0.4, -0.2) is 21.7 Å². The standard InChI is InChI=1S/C27H31N3O3/c1-4-9-23-25(20-14-16-22(17-15-20)28-26(32)21-11-6-7-12-21)27(33-19(3)31)30(29-23)24-13-8-5-10-18(24)2/h5,8,10,13-17,21H,4,6-7,9,11-12H2,1-3H3,(H,28,32). The predicted octanol–water partition coefficient (Wildman–Crippen LogP) is 5.85. The molecule has 4 rings (SSSR count). The highest BCUT2D eigenvalue weighted by Gasteiger charge is 2.25. The molecule has 1 N–H and O–H groups in total. The molecule has 0 saturated heterocycles. The Labute approximate surface area is 195 Å². The molecule has 1 fully saturated rings. The van der Waals surface area contributed by atoms with Crippen molar-refractivity contribution in [2.45, 2.75) is 59.3 Å². The van der Waals surface area contributed by atoms with Crippen LogP contribution >= 0.6 is 0 Å². The van der Waals surface area contributed by atoms with Crippen LogP contribution in [-0.2, 0) is 16.0 Å². The van der Waals surface area contributed by atoms with Gasteiger partial charge in [0.15, 0.2) is 0 Å². The van der Waals surface area contributed by atoms with Gasteiger partial charge in [0.25, 0.3) is 0 Å². The van der Waals surface area contributed by atoms with E-state index in [1.165, 1.54) is 6.92 Å². The van der Waals surface area contributed by atoms with Crippen LogP contribution in [0.5, 0.6) is 5.88 Å². The van der Waals surface area contributed by atoms with Crippen LogP contribution < -0.4 is 10.1 Å². The SMILES string of the molecule is CCCc1nn(-c2ccccc2C)c(OC(C)=O)c1-c1ccc(NC(=O)C2CCCC2)cc1. The van der Waals surface area contributed by atoms with Crippen molar-refractivity contribution in [3.05, 3.63) is 59.8 Å². The quantitative estimate of drug-likeness (QED) is 0.463. The number of aryl methyl sites for hydroxylation is 2. The van der Waals surface area contributed by atoms with E-state index in [-0.39, 0.29) is 11.8 Å². The van der Waals surface area contributed by atoms with E-state index in [1.54, 1.807) is 4.68 Å². The minimum atomic E-state index is -0.394. The second-order valence-corrected chi connectivity index (χ2v) is 8.72. The predicted molar refractivity (Wildman–Crippen MR) is 130 cm³/mol. The number of benzene rings is 2. The zero-order valence-electron chi connectivity index (χ0n) is 19.6. The maximum absolute atomic E-state index is 12.5. The minimum absolute atomic E-state index is 0.0971. The molecule has 6 heteroatoms. The van der Waals surface area contributed by atoms with Crippen molar-refractivity contribution in [3.63, 3.8) is 0 Å². The summed E-state index contributed by atoms with van der Waals surface area (Å²) in [5, 5.41) is 7.90. The van der Waals surface area contributed by atoms with E-state index >= 15 is 0 Å². The number of para-hydroxylation sites is 1. The highest BCUT2D eigenvalue weighted by molar-refractivity contribution is 5.93. The molecule has 1 aromatic heterocycles. The van der Waals surface area contributed by atoms with E-state index in [1.807, 2.05) is 55.5 Å². The van der Waals surface area contributed by atoms with Gasteiger partial charge in [0.05, 0.1) is 16.9 Å². The molecular formula is C27H31N3O3. The second-order valence-electron chi connectivity index (χ2n) is 8.72. The minimum Gasteiger partial charge on any atom is -0.407 e. The fraction of sp³-hybridized carbons (Fsp3) is 0.370. The average Bonchev–Trinajstić information content (AvgIpc) is 3.44. The van der Waals surface area contributed by atoms with Gasteiger partial charge in [-0.3, -0.25) is 9.59 Å². The molecule has 0 bridgehead atoms. The monoisotopic (exact) mass is 445 g/mol. The summed E-state index contributed by atoms with van der Waals surface area (Å²) in [6.45, 7) is 5.51. The zero-order valence-corrected chi connectivity index (χ0v) is 19.6. The lowest BCUT2D eigenvalue weighted by Crippen LogP contribution is -2.20. The molecule has 33 heavy (non-hydrogen) atoms. The number of anilines is 1. The van der Waals surface area contributed by atoms with Gasteiger partial charge in [-0.1, -0.05) is 56.5 Å². The van der Waals surface area contributed by atoms with E-state index in [4.69, 9.17) is 9.84 Å². The van der Waals surface area contributed by atoms with Gasteiger partial charge in [0.2, 0.25) is 11.8 Å². The molecule has 0 radical (unpaired) electrons. The first kappa shape index (κ1) is 22.8. The van der Waals surface area contributed by atoms with Crippen molar-refractivity contribution >= 4 is 17.6 Å². The van der Waals surface area contributed by atoms with Gasteiger partial charge in [0, 0.05) is 18.5 Å². The van der Waals surface area contributed by atoms with Gasteiger partial charge in [-0.2, -0.15) is 9.78 Å². The Morgan fingerprint density at radius 1 is 1.09 bits per heavy atom. The number of hydrogen-bond acceptors (Lipinski definition) is 4. The molecule has 1 aliphatic carbocycles. The van der Waals surface area contributed by atoms with Crippen LogP contribution in [0, 0.1) is 12.8 Å². The molecule has 0 aliphatic heterocycles. The smallest absolute Gasteiger partial charge is 0.309 e. The molecule has 1 heterocycles. The molecule has 1 amide bonds. The Balaban J connectivity index is 1.73. The van der Waals surface area contributed by atoms with Crippen LogP contribution in [0.2, 0.25) is 0 Å². The number of carbonyl (C=O) groups is 2.